The Morgan fingerprint density at radius 2 is 2.11 bits per heavy atom. The van der Waals surface area contributed by atoms with Crippen molar-refractivity contribution in [3.05, 3.63) is 36.3 Å². The molecule has 0 unspecified atom stereocenters. The average molecular weight is 259 g/mol. The second-order valence-electron chi connectivity index (χ2n) is 4.97. The molecule has 0 saturated carbocycles. The minimum Gasteiger partial charge on any atom is -0.496 e. The van der Waals surface area contributed by atoms with Gasteiger partial charge in [-0.2, -0.15) is 0 Å². The zero-order valence-corrected chi connectivity index (χ0v) is 11.7. The van der Waals surface area contributed by atoms with Crippen molar-refractivity contribution in [2.75, 3.05) is 13.7 Å². The second-order valence-corrected chi connectivity index (χ2v) is 4.97. The number of hydrogen-bond donors (Lipinski definition) is 2. The van der Waals surface area contributed by atoms with Crippen LogP contribution in [0.4, 0.5) is 0 Å². The molecule has 0 aliphatic rings. The molecule has 2 aromatic rings. The molecule has 2 rings (SSSR count). The fourth-order valence-corrected chi connectivity index (χ4v) is 1.94. The number of hydrogen-bond acceptors (Lipinski definition) is 3. The summed E-state index contributed by atoms with van der Waals surface area (Å²) in [4.78, 5) is 7.72. The van der Waals surface area contributed by atoms with Crippen molar-refractivity contribution in [2.24, 2.45) is 5.92 Å². The van der Waals surface area contributed by atoms with E-state index in [9.17, 15) is 0 Å². The molecular weight excluding hydrogens is 238 g/mol. The maximum atomic E-state index is 5.36. The number of imidazole rings is 1. The van der Waals surface area contributed by atoms with Crippen LogP contribution < -0.4 is 10.1 Å². The quantitative estimate of drug-likeness (QED) is 0.838. The van der Waals surface area contributed by atoms with E-state index < -0.39 is 0 Å². The Balaban J connectivity index is 2.08. The second kappa shape index (κ2) is 6.38. The number of H-pyrrole nitrogens is 1. The number of nitrogens with zero attached hydrogens (tertiary/aromatic N) is 1. The minimum absolute atomic E-state index is 0.642. The molecule has 0 aliphatic carbocycles. The Morgan fingerprint density at radius 1 is 1.32 bits per heavy atom. The maximum absolute atomic E-state index is 5.36. The summed E-state index contributed by atoms with van der Waals surface area (Å²) in [7, 11) is 1.68. The van der Waals surface area contributed by atoms with Gasteiger partial charge in [0.2, 0.25) is 0 Å². The summed E-state index contributed by atoms with van der Waals surface area (Å²) in [6.07, 6.45) is 1.85. The van der Waals surface area contributed by atoms with Crippen LogP contribution in [0.25, 0.3) is 11.3 Å². The van der Waals surface area contributed by atoms with E-state index in [0.717, 1.165) is 35.9 Å². The van der Waals surface area contributed by atoms with E-state index in [4.69, 9.17) is 4.74 Å². The summed E-state index contributed by atoms with van der Waals surface area (Å²) in [6.45, 7) is 6.13. The van der Waals surface area contributed by atoms with Crippen molar-refractivity contribution in [3.63, 3.8) is 0 Å². The van der Waals surface area contributed by atoms with Crippen LogP contribution in [-0.4, -0.2) is 23.6 Å². The summed E-state index contributed by atoms with van der Waals surface area (Å²) in [5.74, 6) is 2.44. The summed E-state index contributed by atoms with van der Waals surface area (Å²) >= 11 is 0. The number of nitrogens with one attached hydrogen (secondary N) is 2. The first-order chi connectivity index (χ1) is 9.20. The van der Waals surface area contributed by atoms with Gasteiger partial charge in [-0.05, 0) is 24.6 Å². The van der Waals surface area contributed by atoms with Gasteiger partial charge in [-0.25, -0.2) is 4.98 Å². The van der Waals surface area contributed by atoms with Crippen LogP contribution in [0.3, 0.4) is 0 Å². The van der Waals surface area contributed by atoms with Crippen LogP contribution in [0.1, 0.15) is 19.7 Å². The van der Waals surface area contributed by atoms with Crippen molar-refractivity contribution >= 4 is 0 Å². The number of aromatic amines is 1. The number of para-hydroxylation sites is 1. The Morgan fingerprint density at radius 3 is 2.84 bits per heavy atom. The van der Waals surface area contributed by atoms with Gasteiger partial charge < -0.3 is 15.0 Å². The summed E-state index contributed by atoms with van der Waals surface area (Å²) in [5.41, 5.74) is 2.02. The Labute approximate surface area is 114 Å². The number of benzene rings is 1. The summed E-state index contributed by atoms with van der Waals surface area (Å²) in [5, 5.41) is 3.37. The van der Waals surface area contributed by atoms with Gasteiger partial charge in [0.25, 0.3) is 0 Å². The molecule has 1 heterocycles. The van der Waals surface area contributed by atoms with Crippen molar-refractivity contribution in [2.45, 2.75) is 20.4 Å². The van der Waals surface area contributed by atoms with E-state index in [-0.39, 0.29) is 0 Å². The highest BCUT2D eigenvalue weighted by Crippen LogP contribution is 2.27. The Kier molecular flexibility index (Phi) is 4.58. The first kappa shape index (κ1) is 13.6. The lowest BCUT2D eigenvalue weighted by Crippen LogP contribution is -2.19. The van der Waals surface area contributed by atoms with Gasteiger partial charge in [0, 0.05) is 5.56 Å². The average Bonchev–Trinajstić information content (AvgIpc) is 2.87. The standard InChI is InChI=1S/C15H21N3O/c1-11(2)8-16-10-15-17-9-13(18-15)12-6-4-5-7-14(12)19-3/h4-7,9,11,16H,8,10H2,1-3H3,(H,17,18). The molecule has 0 spiro atoms. The highest BCUT2D eigenvalue weighted by atomic mass is 16.5. The van der Waals surface area contributed by atoms with Crippen LogP contribution in [0.15, 0.2) is 30.5 Å². The molecule has 0 radical (unpaired) electrons. The topological polar surface area (TPSA) is 49.9 Å². The number of ether oxygens (including phenoxy) is 1. The molecule has 4 heteroatoms. The number of rotatable bonds is 6. The van der Waals surface area contributed by atoms with Gasteiger partial charge >= 0.3 is 0 Å². The lowest BCUT2D eigenvalue weighted by atomic mass is 10.1. The van der Waals surface area contributed by atoms with E-state index in [1.54, 1.807) is 7.11 Å². The van der Waals surface area contributed by atoms with Gasteiger partial charge in [0.05, 0.1) is 25.5 Å². The fraction of sp³-hybridized carbons (Fsp3) is 0.400. The molecular formula is C15H21N3O. The van der Waals surface area contributed by atoms with Crippen LogP contribution >= 0.6 is 0 Å². The van der Waals surface area contributed by atoms with Crippen molar-refractivity contribution in [1.29, 1.82) is 0 Å². The lowest BCUT2D eigenvalue weighted by molar-refractivity contribution is 0.416. The van der Waals surface area contributed by atoms with E-state index >= 15 is 0 Å². The molecule has 0 fully saturated rings. The largest absolute Gasteiger partial charge is 0.496 e. The monoisotopic (exact) mass is 259 g/mol. The van der Waals surface area contributed by atoms with Crippen molar-refractivity contribution in [1.82, 2.24) is 15.3 Å². The molecule has 0 bridgehead atoms. The molecule has 0 saturated heterocycles. The molecule has 102 valence electrons. The van der Waals surface area contributed by atoms with Gasteiger partial charge in [-0.15, -0.1) is 0 Å². The number of methoxy groups -OCH3 is 1. The van der Waals surface area contributed by atoms with Crippen LogP contribution in [-0.2, 0) is 6.54 Å². The van der Waals surface area contributed by atoms with E-state index in [1.165, 1.54) is 0 Å². The Bertz CT molecular complexity index is 520. The van der Waals surface area contributed by atoms with Crippen LogP contribution in [0.5, 0.6) is 5.75 Å². The van der Waals surface area contributed by atoms with Crippen LogP contribution in [0.2, 0.25) is 0 Å². The van der Waals surface area contributed by atoms with E-state index in [0.29, 0.717) is 5.92 Å². The minimum atomic E-state index is 0.642. The lowest BCUT2D eigenvalue weighted by Gasteiger charge is -2.06. The molecule has 0 aliphatic heterocycles. The summed E-state index contributed by atoms with van der Waals surface area (Å²) < 4.78 is 5.36. The first-order valence-electron chi connectivity index (χ1n) is 6.58. The highest BCUT2D eigenvalue weighted by Gasteiger charge is 2.08. The normalized spacial score (nSPS) is 10.9. The van der Waals surface area contributed by atoms with Gasteiger partial charge in [0.15, 0.2) is 0 Å². The third kappa shape index (κ3) is 3.58. The molecule has 0 atom stereocenters. The predicted octanol–water partition coefficient (Wildman–Crippen LogP) is 2.83. The van der Waals surface area contributed by atoms with Crippen molar-refractivity contribution < 1.29 is 4.74 Å². The summed E-state index contributed by atoms with van der Waals surface area (Å²) in [6, 6.07) is 7.93. The first-order valence-corrected chi connectivity index (χ1v) is 6.58. The third-order valence-corrected chi connectivity index (χ3v) is 2.87. The van der Waals surface area contributed by atoms with Crippen LogP contribution in [0, 0.1) is 5.92 Å². The zero-order valence-electron chi connectivity index (χ0n) is 11.7. The maximum Gasteiger partial charge on any atom is 0.128 e. The number of aromatic nitrogens is 2. The molecule has 1 aromatic heterocycles. The van der Waals surface area contributed by atoms with Gasteiger partial charge in [-0.1, -0.05) is 26.0 Å². The molecule has 4 nitrogen and oxygen atoms in total. The van der Waals surface area contributed by atoms with Crippen molar-refractivity contribution in [3.8, 4) is 17.0 Å². The molecule has 2 N–H and O–H groups in total. The Hall–Kier alpha value is -1.81. The zero-order chi connectivity index (χ0) is 13.7. The molecule has 19 heavy (non-hydrogen) atoms. The molecule has 1 aromatic carbocycles. The fourth-order valence-electron chi connectivity index (χ4n) is 1.94. The van der Waals surface area contributed by atoms with Gasteiger partial charge in [0.1, 0.15) is 11.6 Å². The van der Waals surface area contributed by atoms with Gasteiger partial charge in [-0.3, -0.25) is 0 Å². The third-order valence-electron chi connectivity index (χ3n) is 2.87. The SMILES string of the molecule is COc1ccccc1-c1cnc(CNCC(C)C)[nH]1. The smallest absolute Gasteiger partial charge is 0.128 e. The highest BCUT2D eigenvalue weighted by molar-refractivity contribution is 5.66. The van der Waals surface area contributed by atoms with E-state index in [2.05, 4.69) is 29.1 Å². The molecule has 0 amide bonds. The predicted molar refractivity (Wildman–Crippen MR) is 77.1 cm³/mol. The van der Waals surface area contributed by atoms with E-state index in [1.807, 2.05) is 30.5 Å².